The maximum Gasteiger partial charge on any atom is 0.338 e. The lowest BCUT2D eigenvalue weighted by atomic mass is 10.2. The highest BCUT2D eigenvalue weighted by Crippen LogP contribution is 2.29. The van der Waals surface area contributed by atoms with Gasteiger partial charge in [-0.3, -0.25) is 9.78 Å². The quantitative estimate of drug-likeness (QED) is 0.793. The zero-order valence-corrected chi connectivity index (χ0v) is 8.80. The van der Waals surface area contributed by atoms with Crippen molar-refractivity contribution in [3.8, 4) is 0 Å². The van der Waals surface area contributed by atoms with Crippen molar-refractivity contribution in [1.82, 2.24) is 10.3 Å². The summed E-state index contributed by atoms with van der Waals surface area (Å²) in [6.07, 6.45) is 2.36. The van der Waals surface area contributed by atoms with E-state index in [1.165, 1.54) is 18.3 Å². The number of nitrogens with one attached hydrogen (secondary N) is 1. The number of carbonyl (C=O) groups is 2. The molecule has 1 aliphatic carbocycles. The third-order valence-electron chi connectivity index (χ3n) is 2.68. The van der Waals surface area contributed by atoms with Crippen molar-refractivity contribution < 1.29 is 14.7 Å². The smallest absolute Gasteiger partial charge is 0.338 e. The van der Waals surface area contributed by atoms with Gasteiger partial charge in [-0.15, -0.1) is 0 Å². The Hall–Kier alpha value is -1.91. The van der Waals surface area contributed by atoms with Crippen LogP contribution in [-0.4, -0.2) is 28.0 Å². The summed E-state index contributed by atoms with van der Waals surface area (Å²) in [6.45, 7) is 2.03. The summed E-state index contributed by atoms with van der Waals surface area (Å²) in [5.41, 5.74) is -0.0811. The third kappa shape index (κ3) is 2.03. The van der Waals surface area contributed by atoms with E-state index in [-0.39, 0.29) is 17.3 Å². The molecule has 1 aromatic rings. The molecule has 0 aliphatic heterocycles. The van der Waals surface area contributed by atoms with Crippen molar-refractivity contribution in [3.63, 3.8) is 0 Å². The average molecular weight is 220 g/mol. The lowest BCUT2D eigenvalue weighted by Gasteiger charge is -2.05. The molecule has 0 spiro atoms. The van der Waals surface area contributed by atoms with E-state index in [0.717, 1.165) is 6.42 Å². The Morgan fingerprint density at radius 3 is 2.81 bits per heavy atom. The molecule has 5 nitrogen and oxygen atoms in total. The molecule has 0 saturated heterocycles. The molecule has 84 valence electrons. The van der Waals surface area contributed by atoms with E-state index in [9.17, 15) is 9.59 Å². The van der Waals surface area contributed by atoms with Crippen LogP contribution in [0.3, 0.4) is 0 Å². The summed E-state index contributed by atoms with van der Waals surface area (Å²) >= 11 is 0. The largest absolute Gasteiger partial charge is 0.478 e. The van der Waals surface area contributed by atoms with Gasteiger partial charge in [-0.1, -0.05) is 6.92 Å². The first-order valence-electron chi connectivity index (χ1n) is 5.08. The highest BCUT2D eigenvalue weighted by Gasteiger charge is 2.34. The van der Waals surface area contributed by atoms with Gasteiger partial charge in [0.05, 0.1) is 5.56 Å². The van der Waals surface area contributed by atoms with Crippen LogP contribution in [0.15, 0.2) is 18.3 Å². The molecular formula is C11H12N2O3. The van der Waals surface area contributed by atoms with Crippen LogP contribution in [0.4, 0.5) is 0 Å². The number of rotatable bonds is 3. The molecule has 1 aliphatic rings. The van der Waals surface area contributed by atoms with Crippen LogP contribution < -0.4 is 5.32 Å². The van der Waals surface area contributed by atoms with E-state index in [1.807, 2.05) is 6.92 Å². The molecule has 1 heterocycles. The fourth-order valence-corrected chi connectivity index (χ4v) is 1.52. The fourth-order valence-electron chi connectivity index (χ4n) is 1.52. The van der Waals surface area contributed by atoms with Crippen LogP contribution >= 0.6 is 0 Å². The zero-order valence-electron chi connectivity index (χ0n) is 8.80. The second-order valence-electron chi connectivity index (χ2n) is 4.00. The van der Waals surface area contributed by atoms with Crippen LogP contribution in [0.25, 0.3) is 0 Å². The molecule has 1 fully saturated rings. The van der Waals surface area contributed by atoms with Gasteiger partial charge in [0.15, 0.2) is 0 Å². The minimum atomic E-state index is -1.14. The van der Waals surface area contributed by atoms with Gasteiger partial charge in [0, 0.05) is 12.2 Å². The first-order chi connectivity index (χ1) is 7.59. The number of pyridine rings is 1. The van der Waals surface area contributed by atoms with E-state index in [1.54, 1.807) is 0 Å². The Balaban J connectivity index is 2.19. The Morgan fingerprint density at radius 1 is 1.56 bits per heavy atom. The van der Waals surface area contributed by atoms with Crippen molar-refractivity contribution in [2.24, 2.45) is 5.92 Å². The SMILES string of the molecule is CC1CC1NC(=O)c1ncccc1C(=O)O. The molecule has 0 radical (unpaired) electrons. The number of amides is 1. The molecule has 0 aromatic carbocycles. The van der Waals surface area contributed by atoms with Crippen LogP contribution in [0.2, 0.25) is 0 Å². The van der Waals surface area contributed by atoms with Gasteiger partial charge in [0.2, 0.25) is 0 Å². The van der Waals surface area contributed by atoms with Gasteiger partial charge in [-0.25, -0.2) is 4.79 Å². The van der Waals surface area contributed by atoms with Gasteiger partial charge < -0.3 is 10.4 Å². The topological polar surface area (TPSA) is 79.3 Å². The Bertz CT molecular complexity index is 445. The summed E-state index contributed by atoms with van der Waals surface area (Å²) < 4.78 is 0. The first kappa shape index (κ1) is 10.6. The van der Waals surface area contributed by atoms with Gasteiger partial charge in [-0.2, -0.15) is 0 Å². The predicted molar refractivity (Wildman–Crippen MR) is 56.2 cm³/mol. The van der Waals surface area contributed by atoms with E-state index in [2.05, 4.69) is 10.3 Å². The Morgan fingerprint density at radius 2 is 2.25 bits per heavy atom. The van der Waals surface area contributed by atoms with Crippen LogP contribution in [0.5, 0.6) is 0 Å². The summed E-state index contributed by atoms with van der Waals surface area (Å²) in [5.74, 6) is -1.07. The second kappa shape index (κ2) is 3.92. The molecule has 2 unspecified atom stereocenters. The average Bonchev–Trinajstić information content (AvgIpc) is 2.94. The van der Waals surface area contributed by atoms with Crippen LogP contribution in [-0.2, 0) is 0 Å². The Kier molecular flexibility index (Phi) is 2.60. The van der Waals surface area contributed by atoms with Crippen molar-refractivity contribution >= 4 is 11.9 Å². The molecule has 2 N–H and O–H groups in total. The van der Waals surface area contributed by atoms with Crippen molar-refractivity contribution in [1.29, 1.82) is 0 Å². The number of nitrogens with zero attached hydrogens (tertiary/aromatic N) is 1. The highest BCUT2D eigenvalue weighted by atomic mass is 16.4. The summed E-state index contributed by atoms with van der Waals surface area (Å²) in [7, 11) is 0. The number of aromatic carboxylic acids is 1. The van der Waals surface area contributed by atoms with E-state index in [0.29, 0.717) is 5.92 Å². The van der Waals surface area contributed by atoms with Crippen LogP contribution in [0, 0.1) is 5.92 Å². The predicted octanol–water partition coefficient (Wildman–Crippen LogP) is 0.918. The minimum Gasteiger partial charge on any atom is -0.478 e. The minimum absolute atomic E-state index is 0.0194. The summed E-state index contributed by atoms with van der Waals surface area (Å²) in [5, 5.41) is 11.6. The molecular weight excluding hydrogens is 208 g/mol. The molecule has 0 bridgehead atoms. The number of carbonyl (C=O) groups excluding carboxylic acids is 1. The number of carboxylic acids is 1. The summed E-state index contributed by atoms with van der Waals surface area (Å²) in [4.78, 5) is 26.4. The molecule has 5 heteroatoms. The maximum absolute atomic E-state index is 11.7. The third-order valence-corrected chi connectivity index (χ3v) is 2.68. The molecule has 1 amide bonds. The van der Waals surface area contributed by atoms with Gasteiger partial charge in [-0.05, 0) is 24.5 Å². The highest BCUT2D eigenvalue weighted by molar-refractivity contribution is 6.03. The van der Waals surface area contributed by atoms with Crippen molar-refractivity contribution in [2.45, 2.75) is 19.4 Å². The standard InChI is InChI=1S/C11H12N2O3/c1-6-5-8(6)13-10(14)9-7(11(15)16)3-2-4-12-9/h2-4,6,8H,5H2,1H3,(H,13,14)(H,15,16). The first-order valence-corrected chi connectivity index (χ1v) is 5.08. The lowest BCUT2D eigenvalue weighted by Crippen LogP contribution is -2.29. The van der Waals surface area contributed by atoms with E-state index in [4.69, 9.17) is 5.11 Å². The molecule has 16 heavy (non-hydrogen) atoms. The van der Waals surface area contributed by atoms with Crippen molar-refractivity contribution in [2.75, 3.05) is 0 Å². The van der Waals surface area contributed by atoms with Gasteiger partial charge >= 0.3 is 5.97 Å². The zero-order chi connectivity index (χ0) is 11.7. The number of aromatic nitrogens is 1. The fraction of sp³-hybridized carbons (Fsp3) is 0.364. The van der Waals surface area contributed by atoms with Crippen LogP contribution in [0.1, 0.15) is 34.2 Å². The van der Waals surface area contributed by atoms with Crippen molar-refractivity contribution in [3.05, 3.63) is 29.6 Å². The normalized spacial score (nSPS) is 22.6. The number of carboxylic acid groups (broad SMARTS) is 1. The summed E-state index contributed by atoms with van der Waals surface area (Å²) in [6, 6.07) is 3.04. The molecule has 2 atom stereocenters. The Labute approximate surface area is 92.5 Å². The second-order valence-corrected chi connectivity index (χ2v) is 4.00. The van der Waals surface area contributed by atoms with Gasteiger partial charge in [0.25, 0.3) is 5.91 Å². The molecule has 1 saturated carbocycles. The lowest BCUT2D eigenvalue weighted by molar-refractivity contribution is 0.0690. The molecule has 2 rings (SSSR count). The number of hydrogen-bond donors (Lipinski definition) is 2. The van der Waals surface area contributed by atoms with Gasteiger partial charge in [0.1, 0.15) is 5.69 Å². The number of hydrogen-bond acceptors (Lipinski definition) is 3. The molecule has 1 aromatic heterocycles. The maximum atomic E-state index is 11.7. The van der Waals surface area contributed by atoms with E-state index >= 15 is 0 Å². The monoisotopic (exact) mass is 220 g/mol. The van der Waals surface area contributed by atoms with E-state index < -0.39 is 11.9 Å².